The summed E-state index contributed by atoms with van der Waals surface area (Å²) in [6, 6.07) is 6.71. The summed E-state index contributed by atoms with van der Waals surface area (Å²) in [6.45, 7) is 2.01. The van der Waals surface area contributed by atoms with E-state index in [1.54, 1.807) is 24.3 Å². The molecule has 0 spiro atoms. The Kier molecular flexibility index (Phi) is 5.15. The summed E-state index contributed by atoms with van der Waals surface area (Å²) < 4.78 is 24.7. The van der Waals surface area contributed by atoms with E-state index in [1.807, 2.05) is 6.92 Å². The molecule has 0 saturated heterocycles. The normalized spacial score (nSPS) is 11.0. The maximum absolute atomic E-state index is 11.6. The number of benzene rings is 1. The van der Waals surface area contributed by atoms with Gasteiger partial charge >= 0.3 is 0 Å². The number of amides is 1. The molecule has 0 radical (unpaired) electrons. The van der Waals surface area contributed by atoms with Crippen molar-refractivity contribution in [3.63, 3.8) is 0 Å². The Labute approximate surface area is 108 Å². The number of carbonyl (C=O) groups excluding carboxylic acids is 1. The number of anilines is 2. The molecular formula is C12H18N2O3S. The van der Waals surface area contributed by atoms with Crippen LogP contribution in [-0.4, -0.2) is 20.6 Å². The fourth-order valence-electron chi connectivity index (χ4n) is 1.43. The van der Waals surface area contributed by atoms with E-state index in [9.17, 15) is 13.2 Å². The molecule has 0 unspecified atom stereocenters. The highest BCUT2D eigenvalue weighted by Gasteiger charge is 2.09. The topological polar surface area (TPSA) is 75.3 Å². The lowest BCUT2D eigenvalue weighted by molar-refractivity contribution is -0.116. The molecule has 0 aliphatic rings. The number of hydrogen-bond acceptors (Lipinski definition) is 3. The van der Waals surface area contributed by atoms with E-state index in [4.69, 9.17) is 0 Å². The third kappa shape index (κ3) is 5.18. The van der Waals surface area contributed by atoms with Gasteiger partial charge in [0.25, 0.3) is 0 Å². The van der Waals surface area contributed by atoms with Crippen LogP contribution in [0.25, 0.3) is 0 Å². The van der Waals surface area contributed by atoms with Crippen LogP contribution in [-0.2, 0) is 14.8 Å². The monoisotopic (exact) mass is 270 g/mol. The molecule has 1 aromatic rings. The fourth-order valence-corrected chi connectivity index (χ4v) is 2.01. The maximum Gasteiger partial charge on any atom is 0.229 e. The Balaban J connectivity index is 2.79. The maximum atomic E-state index is 11.6. The summed E-state index contributed by atoms with van der Waals surface area (Å²) in [5.41, 5.74) is 0.855. The Morgan fingerprint density at radius 3 is 2.39 bits per heavy atom. The first kappa shape index (κ1) is 14.5. The fraction of sp³-hybridized carbons (Fsp3) is 0.417. The highest BCUT2D eigenvalue weighted by atomic mass is 32.2. The Bertz CT molecular complexity index is 512. The number of unbranched alkanes of at least 4 members (excludes halogenated alkanes) is 1. The Hall–Kier alpha value is -1.56. The molecule has 0 aliphatic carbocycles. The zero-order chi connectivity index (χ0) is 13.6. The molecule has 1 aromatic carbocycles. The average Bonchev–Trinajstić information content (AvgIpc) is 2.27. The van der Waals surface area contributed by atoms with Gasteiger partial charge in [-0.05, 0) is 18.6 Å². The molecule has 2 N–H and O–H groups in total. The third-order valence-electron chi connectivity index (χ3n) is 2.25. The highest BCUT2D eigenvalue weighted by Crippen LogP contribution is 2.22. The van der Waals surface area contributed by atoms with Crippen molar-refractivity contribution in [3.8, 4) is 0 Å². The molecular weight excluding hydrogens is 252 g/mol. The SMILES string of the molecule is CCCCC(=O)Nc1ccccc1NS(C)(=O)=O. The predicted molar refractivity (Wildman–Crippen MR) is 73.1 cm³/mol. The summed E-state index contributed by atoms with van der Waals surface area (Å²) >= 11 is 0. The number of nitrogens with one attached hydrogen (secondary N) is 2. The molecule has 0 bridgehead atoms. The van der Waals surface area contributed by atoms with Crippen LogP contribution in [0.15, 0.2) is 24.3 Å². The van der Waals surface area contributed by atoms with Crippen molar-refractivity contribution in [1.82, 2.24) is 0 Å². The van der Waals surface area contributed by atoms with E-state index in [0.717, 1.165) is 19.1 Å². The van der Waals surface area contributed by atoms with E-state index >= 15 is 0 Å². The molecule has 0 saturated carbocycles. The van der Waals surface area contributed by atoms with Crippen LogP contribution in [0.3, 0.4) is 0 Å². The molecule has 5 nitrogen and oxygen atoms in total. The second-order valence-corrected chi connectivity index (χ2v) is 5.82. The van der Waals surface area contributed by atoms with Crippen LogP contribution in [0, 0.1) is 0 Å². The van der Waals surface area contributed by atoms with Crippen molar-refractivity contribution in [3.05, 3.63) is 24.3 Å². The predicted octanol–water partition coefficient (Wildman–Crippen LogP) is 2.19. The first-order chi connectivity index (χ1) is 8.42. The van der Waals surface area contributed by atoms with Crippen LogP contribution in [0.2, 0.25) is 0 Å². The summed E-state index contributed by atoms with van der Waals surface area (Å²) in [4.78, 5) is 11.6. The van der Waals surface area contributed by atoms with Gasteiger partial charge in [-0.25, -0.2) is 8.42 Å². The van der Waals surface area contributed by atoms with Gasteiger partial charge in [0.05, 0.1) is 17.6 Å². The minimum Gasteiger partial charge on any atom is -0.324 e. The summed E-state index contributed by atoms with van der Waals surface area (Å²) in [5, 5.41) is 2.70. The standard InChI is InChI=1S/C12H18N2O3S/c1-3-4-9-12(15)13-10-7-5-6-8-11(10)14-18(2,16)17/h5-8,14H,3-4,9H2,1-2H3,(H,13,15). The lowest BCUT2D eigenvalue weighted by Gasteiger charge is -2.11. The summed E-state index contributed by atoms with van der Waals surface area (Å²) in [7, 11) is -3.35. The minimum absolute atomic E-state index is 0.111. The number of para-hydroxylation sites is 2. The van der Waals surface area contributed by atoms with Crippen molar-refractivity contribution in [1.29, 1.82) is 0 Å². The van der Waals surface area contributed by atoms with Gasteiger partial charge in [0.2, 0.25) is 15.9 Å². The van der Waals surface area contributed by atoms with Crippen molar-refractivity contribution in [2.24, 2.45) is 0 Å². The van der Waals surface area contributed by atoms with Crippen molar-refractivity contribution in [2.75, 3.05) is 16.3 Å². The first-order valence-electron chi connectivity index (χ1n) is 5.79. The molecule has 0 fully saturated rings. The van der Waals surface area contributed by atoms with Gasteiger partial charge in [-0.15, -0.1) is 0 Å². The van der Waals surface area contributed by atoms with Gasteiger partial charge in [0, 0.05) is 6.42 Å². The zero-order valence-corrected chi connectivity index (χ0v) is 11.4. The van der Waals surface area contributed by atoms with Gasteiger partial charge in [0.15, 0.2) is 0 Å². The van der Waals surface area contributed by atoms with E-state index in [0.29, 0.717) is 17.8 Å². The molecule has 1 rings (SSSR count). The van der Waals surface area contributed by atoms with Crippen LogP contribution in [0.4, 0.5) is 11.4 Å². The molecule has 0 aliphatic heterocycles. The van der Waals surface area contributed by atoms with Gasteiger partial charge < -0.3 is 5.32 Å². The average molecular weight is 270 g/mol. The largest absolute Gasteiger partial charge is 0.324 e. The molecule has 0 atom stereocenters. The number of carbonyl (C=O) groups is 1. The summed E-state index contributed by atoms with van der Waals surface area (Å²) in [6.07, 6.45) is 3.26. The lowest BCUT2D eigenvalue weighted by atomic mass is 10.2. The second-order valence-electron chi connectivity index (χ2n) is 4.07. The number of sulfonamides is 1. The van der Waals surface area contributed by atoms with Crippen molar-refractivity contribution in [2.45, 2.75) is 26.2 Å². The lowest BCUT2D eigenvalue weighted by Crippen LogP contribution is -2.15. The third-order valence-corrected chi connectivity index (χ3v) is 2.84. The zero-order valence-electron chi connectivity index (χ0n) is 10.6. The van der Waals surface area contributed by atoms with E-state index < -0.39 is 10.0 Å². The van der Waals surface area contributed by atoms with Gasteiger partial charge in [-0.3, -0.25) is 9.52 Å². The van der Waals surface area contributed by atoms with Gasteiger partial charge in [-0.1, -0.05) is 25.5 Å². The number of rotatable bonds is 6. The molecule has 18 heavy (non-hydrogen) atoms. The molecule has 0 aromatic heterocycles. The molecule has 1 amide bonds. The first-order valence-corrected chi connectivity index (χ1v) is 7.68. The van der Waals surface area contributed by atoms with Crippen LogP contribution in [0.5, 0.6) is 0 Å². The van der Waals surface area contributed by atoms with Crippen LogP contribution in [0.1, 0.15) is 26.2 Å². The van der Waals surface area contributed by atoms with Gasteiger partial charge in [-0.2, -0.15) is 0 Å². The van der Waals surface area contributed by atoms with E-state index in [1.165, 1.54) is 0 Å². The van der Waals surface area contributed by atoms with Gasteiger partial charge in [0.1, 0.15) is 0 Å². The second kappa shape index (κ2) is 6.39. The smallest absolute Gasteiger partial charge is 0.229 e. The Morgan fingerprint density at radius 2 is 1.83 bits per heavy atom. The highest BCUT2D eigenvalue weighted by molar-refractivity contribution is 7.92. The summed E-state index contributed by atoms with van der Waals surface area (Å²) in [5.74, 6) is -0.111. The van der Waals surface area contributed by atoms with Crippen molar-refractivity contribution >= 4 is 27.3 Å². The number of hydrogen-bond donors (Lipinski definition) is 2. The molecule has 6 heteroatoms. The quantitative estimate of drug-likeness (QED) is 0.832. The van der Waals surface area contributed by atoms with E-state index in [-0.39, 0.29) is 5.91 Å². The van der Waals surface area contributed by atoms with E-state index in [2.05, 4.69) is 10.0 Å². The molecule has 100 valence electrons. The Morgan fingerprint density at radius 1 is 1.22 bits per heavy atom. The van der Waals surface area contributed by atoms with Crippen LogP contribution >= 0.6 is 0 Å². The van der Waals surface area contributed by atoms with Crippen LogP contribution < -0.4 is 10.0 Å². The molecule has 0 heterocycles. The minimum atomic E-state index is -3.35. The van der Waals surface area contributed by atoms with Crippen molar-refractivity contribution < 1.29 is 13.2 Å².